The summed E-state index contributed by atoms with van der Waals surface area (Å²) in [4.78, 5) is 16.9. The summed E-state index contributed by atoms with van der Waals surface area (Å²) in [5.41, 5.74) is 2.94. The zero-order valence-electron chi connectivity index (χ0n) is 15.9. The largest absolute Gasteiger partial charge is 0.332 e. The number of carbonyl (C=O) groups is 1. The molecular weight excluding hydrogens is 334 g/mol. The summed E-state index contributed by atoms with van der Waals surface area (Å²) in [7, 11) is 0. The van der Waals surface area contributed by atoms with E-state index in [1.807, 2.05) is 18.2 Å². The summed E-state index contributed by atoms with van der Waals surface area (Å²) < 4.78 is 0. The van der Waals surface area contributed by atoms with Gasteiger partial charge in [0.25, 0.3) is 0 Å². The van der Waals surface area contributed by atoms with Crippen LogP contribution in [0.25, 0.3) is 0 Å². The maximum absolute atomic E-state index is 12.7. The molecule has 27 heavy (non-hydrogen) atoms. The van der Waals surface area contributed by atoms with E-state index < -0.39 is 0 Å². The molecule has 4 aliphatic rings. The highest BCUT2D eigenvalue weighted by Crippen LogP contribution is 2.62. The van der Waals surface area contributed by atoms with Crippen molar-refractivity contribution in [2.45, 2.75) is 56.4 Å². The van der Waals surface area contributed by atoms with Crippen molar-refractivity contribution < 1.29 is 4.79 Å². The third-order valence-corrected chi connectivity index (χ3v) is 7.01. The number of pyridine rings is 1. The van der Waals surface area contributed by atoms with E-state index in [4.69, 9.17) is 0 Å². The third kappa shape index (κ3) is 3.01. The van der Waals surface area contributed by atoms with E-state index in [9.17, 15) is 4.79 Å². The van der Waals surface area contributed by atoms with Gasteiger partial charge in [0, 0.05) is 11.7 Å². The monoisotopic (exact) mass is 361 g/mol. The third-order valence-electron chi connectivity index (χ3n) is 7.01. The van der Waals surface area contributed by atoms with Crippen LogP contribution in [-0.2, 0) is 5.41 Å². The van der Waals surface area contributed by atoms with Crippen LogP contribution in [0.3, 0.4) is 0 Å². The minimum Gasteiger partial charge on any atom is -0.332 e. The lowest BCUT2D eigenvalue weighted by molar-refractivity contribution is -0.0343. The number of hydrogen-bond donors (Lipinski definition) is 2. The van der Waals surface area contributed by atoms with E-state index in [0.29, 0.717) is 5.82 Å². The van der Waals surface area contributed by atoms with Crippen LogP contribution in [0.4, 0.5) is 10.6 Å². The van der Waals surface area contributed by atoms with Gasteiger partial charge in [0.1, 0.15) is 5.82 Å². The van der Waals surface area contributed by atoms with Gasteiger partial charge in [-0.1, -0.05) is 35.9 Å². The molecule has 0 radical (unpaired) electrons. The Bertz CT molecular complexity index is 832. The van der Waals surface area contributed by atoms with Crippen LogP contribution in [0.15, 0.2) is 48.7 Å². The summed E-state index contributed by atoms with van der Waals surface area (Å²) in [6.45, 7) is 2.15. The lowest BCUT2D eigenvalue weighted by Crippen LogP contribution is -2.64. The minimum atomic E-state index is -0.116. The van der Waals surface area contributed by atoms with Gasteiger partial charge in [-0.15, -0.1) is 0 Å². The molecule has 1 aromatic carbocycles. The molecule has 0 aliphatic heterocycles. The zero-order chi connectivity index (χ0) is 18.5. The predicted octanol–water partition coefficient (Wildman–Crippen LogP) is 4.80. The second-order valence-corrected chi connectivity index (χ2v) is 9.18. The van der Waals surface area contributed by atoms with Gasteiger partial charge < -0.3 is 5.32 Å². The normalized spacial score (nSPS) is 33.7. The fourth-order valence-electron chi connectivity index (χ4n) is 6.48. The number of aromatic nitrogens is 1. The van der Waals surface area contributed by atoms with Crippen molar-refractivity contribution >= 4 is 11.8 Å². The smallest absolute Gasteiger partial charge is 0.320 e. The van der Waals surface area contributed by atoms with E-state index in [-0.39, 0.29) is 17.0 Å². The van der Waals surface area contributed by atoms with Crippen LogP contribution in [0, 0.1) is 18.8 Å². The summed E-state index contributed by atoms with van der Waals surface area (Å²) in [5, 5.41) is 6.30. The van der Waals surface area contributed by atoms with Crippen LogP contribution in [0.2, 0.25) is 0 Å². The molecule has 4 bridgehead atoms. The van der Waals surface area contributed by atoms with E-state index in [1.165, 1.54) is 30.4 Å². The molecule has 2 aromatic rings. The topological polar surface area (TPSA) is 54.0 Å². The maximum atomic E-state index is 12.7. The van der Waals surface area contributed by atoms with Gasteiger partial charge in [0.2, 0.25) is 0 Å². The Morgan fingerprint density at radius 1 is 1.04 bits per heavy atom. The molecule has 2 amide bonds. The molecule has 4 nitrogen and oxygen atoms in total. The van der Waals surface area contributed by atoms with Crippen molar-refractivity contribution in [3.8, 4) is 0 Å². The summed E-state index contributed by atoms with van der Waals surface area (Å²) in [5.74, 6) is 2.05. The number of carbonyl (C=O) groups excluding carboxylic acids is 1. The van der Waals surface area contributed by atoms with Gasteiger partial charge in [-0.25, -0.2) is 9.78 Å². The van der Waals surface area contributed by atoms with Crippen LogP contribution in [0.1, 0.15) is 49.7 Å². The van der Waals surface area contributed by atoms with E-state index in [1.54, 1.807) is 6.20 Å². The minimum absolute atomic E-state index is 0.0756. The highest BCUT2D eigenvalue weighted by Gasteiger charge is 2.58. The molecule has 1 heterocycles. The maximum Gasteiger partial charge on any atom is 0.320 e. The molecule has 4 heteroatoms. The van der Waals surface area contributed by atoms with Crippen LogP contribution in [0.5, 0.6) is 0 Å². The Kier molecular flexibility index (Phi) is 3.78. The van der Waals surface area contributed by atoms with Gasteiger partial charge in [0.05, 0.1) is 0 Å². The number of nitrogens with one attached hydrogen (secondary N) is 2. The average Bonchev–Trinajstić information content (AvgIpc) is 2.61. The van der Waals surface area contributed by atoms with Crippen LogP contribution in [-0.4, -0.2) is 16.6 Å². The number of urea groups is 1. The van der Waals surface area contributed by atoms with E-state index in [2.05, 4.69) is 46.8 Å². The Morgan fingerprint density at radius 3 is 2.44 bits per heavy atom. The fraction of sp³-hybridized carbons (Fsp3) is 0.478. The number of rotatable bonds is 3. The Hall–Kier alpha value is -2.36. The fourth-order valence-corrected chi connectivity index (χ4v) is 6.48. The lowest BCUT2D eigenvalue weighted by Gasteiger charge is -2.62. The molecular formula is C23H27N3O. The van der Waals surface area contributed by atoms with Crippen molar-refractivity contribution in [1.29, 1.82) is 0 Å². The Morgan fingerprint density at radius 2 is 1.78 bits per heavy atom. The zero-order valence-corrected chi connectivity index (χ0v) is 15.9. The van der Waals surface area contributed by atoms with Crippen molar-refractivity contribution in [3.05, 3.63) is 59.8 Å². The number of hydrogen-bond acceptors (Lipinski definition) is 2. The molecule has 2 N–H and O–H groups in total. The van der Waals surface area contributed by atoms with Gasteiger partial charge in [-0.05, 0) is 80.4 Å². The first-order chi connectivity index (χ1) is 13.0. The quantitative estimate of drug-likeness (QED) is 0.825. The molecule has 4 atom stereocenters. The first-order valence-corrected chi connectivity index (χ1v) is 10.1. The molecule has 4 saturated carbocycles. The number of benzene rings is 1. The summed E-state index contributed by atoms with van der Waals surface area (Å²) in [6.07, 6.45) is 8.88. The van der Waals surface area contributed by atoms with Gasteiger partial charge in [-0.3, -0.25) is 5.32 Å². The predicted molar refractivity (Wildman–Crippen MR) is 107 cm³/mol. The first kappa shape index (κ1) is 16.8. The second-order valence-electron chi connectivity index (χ2n) is 9.18. The highest BCUT2D eigenvalue weighted by atomic mass is 16.2. The lowest BCUT2D eigenvalue weighted by atomic mass is 9.45. The Balaban J connectivity index is 1.40. The summed E-state index contributed by atoms with van der Waals surface area (Å²) in [6, 6.07) is 14.6. The number of amides is 2. The highest BCUT2D eigenvalue weighted by molar-refractivity contribution is 5.88. The van der Waals surface area contributed by atoms with E-state index in [0.717, 1.165) is 31.1 Å². The van der Waals surface area contributed by atoms with Gasteiger partial charge >= 0.3 is 6.03 Å². The Labute approximate surface area is 160 Å². The standard InChI is InChI=1S/C23H27N3O/c1-16-5-7-19(8-6-16)22-11-17-10-18(12-22)14-23(13-17,15-22)26-21(27)25-20-4-2-3-9-24-20/h2-9,17-18H,10-15H2,1H3,(H2,24,25,26,27)/t17-,18+,22?,23?. The second kappa shape index (κ2) is 6.08. The number of anilines is 1. The molecule has 4 aliphatic carbocycles. The van der Waals surface area contributed by atoms with Crippen molar-refractivity contribution in [3.63, 3.8) is 0 Å². The SMILES string of the molecule is Cc1ccc(C23C[C@@H]4C[C@@H](CC(NC(=O)Nc5ccccn5)(C4)C2)C3)cc1. The average molecular weight is 361 g/mol. The van der Waals surface area contributed by atoms with Gasteiger partial charge in [0.15, 0.2) is 0 Å². The molecule has 0 spiro atoms. The number of nitrogens with zero attached hydrogens (tertiary/aromatic N) is 1. The molecule has 0 saturated heterocycles. The molecule has 140 valence electrons. The van der Waals surface area contributed by atoms with Crippen molar-refractivity contribution in [2.24, 2.45) is 11.8 Å². The number of aryl methyl sites for hydroxylation is 1. The molecule has 1 aromatic heterocycles. The van der Waals surface area contributed by atoms with Crippen LogP contribution < -0.4 is 10.6 Å². The van der Waals surface area contributed by atoms with Gasteiger partial charge in [-0.2, -0.15) is 0 Å². The molecule has 4 fully saturated rings. The van der Waals surface area contributed by atoms with E-state index >= 15 is 0 Å². The van der Waals surface area contributed by atoms with Crippen molar-refractivity contribution in [1.82, 2.24) is 10.3 Å². The first-order valence-electron chi connectivity index (χ1n) is 10.1. The van der Waals surface area contributed by atoms with Crippen LogP contribution >= 0.6 is 0 Å². The van der Waals surface area contributed by atoms with Crippen molar-refractivity contribution in [2.75, 3.05) is 5.32 Å². The summed E-state index contributed by atoms with van der Waals surface area (Å²) >= 11 is 0. The molecule has 2 unspecified atom stereocenters. The molecule has 6 rings (SSSR count).